The third-order valence-electron chi connectivity index (χ3n) is 4.75. The first-order valence-electron chi connectivity index (χ1n) is 7.40. The smallest absolute Gasteiger partial charge is 0.224 e. The third kappa shape index (κ3) is 1.93. The van der Waals surface area contributed by atoms with Crippen LogP contribution in [0, 0.1) is 17.8 Å². The molecule has 2 fully saturated rings. The van der Waals surface area contributed by atoms with Crippen molar-refractivity contribution in [2.75, 3.05) is 13.1 Å². The number of aromatic nitrogens is 3. The van der Waals surface area contributed by atoms with Gasteiger partial charge in [-0.1, -0.05) is 0 Å². The number of hydrogen-bond donors (Lipinski definition) is 2. The summed E-state index contributed by atoms with van der Waals surface area (Å²) >= 11 is 0. The van der Waals surface area contributed by atoms with Gasteiger partial charge < -0.3 is 10.6 Å². The Morgan fingerprint density at radius 2 is 2.19 bits per heavy atom. The zero-order chi connectivity index (χ0) is 14.6. The topological polar surface area (TPSA) is 71.3 Å². The molecule has 3 atom stereocenters. The Kier molecular flexibility index (Phi) is 2.60. The summed E-state index contributed by atoms with van der Waals surface area (Å²) in [5.41, 5.74) is 1.20. The van der Waals surface area contributed by atoms with Crippen molar-refractivity contribution in [1.29, 1.82) is 0 Å². The maximum Gasteiger partial charge on any atom is 0.224 e. The molecular weight excluding hydrogens is 266 g/mol. The number of carbonyl (C=O) groups is 1. The molecule has 4 rings (SSSR count). The number of nitrogens with zero attached hydrogens (tertiary/aromatic N) is 3. The van der Waals surface area contributed by atoms with Crippen LogP contribution in [0.25, 0.3) is 5.65 Å². The minimum absolute atomic E-state index is 0.155. The molecule has 1 amide bonds. The number of fused-ring (bicyclic) bond motifs is 2. The molecule has 6 heteroatoms. The summed E-state index contributed by atoms with van der Waals surface area (Å²) in [6.07, 6.45) is 3.52. The Morgan fingerprint density at radius 1 is 1.43 bits per heavy atom. The fraction of sp³-hybridized carbons (Fsp3) is 0.533. The molecule has 2 aromatic rings. The maximum absolute atomic E-state index is 12.5. The second-order valence-corrected chi connectivity index (χ2v) is 6.56. The standard InChI is InChI=1S/C15H19N5O/c1-15(2,11-8-17-12-4-3-5-18-20(11)12)19-14(21)13-9-6-16-7-10(9)13/h3-5,8-10,13,16H,6-7H2,1-2H3,(H,19,21)/t9-,10+,13+. The van der Waals surface area contributed by atoms with Gasteiger partial charge in [0.25, 0.3) is 0 Å². The number of rotatable bonds is 3. The number of carbonyl (C=O) groups excluding carboxylic acids is 1. The first-order chi connectivity index (χ1) is 10.1. The lowest BCUT2D eigenvalue weighted by Crippen LogP contribution is -2.44. The summed E-state index contributed by atoms with van der Waals surface area (Å²) in [4.78, 5) is 16.8. The van der Waals surface area contributed by atoms with Crippen molar-refractivity contribution in [1.82, 2.24) is 25.2 Å². The highest BCUT2D eigenvalue weighted by molar-refractivity contribution is 5.83. The minimum atomic E-state index is -0.491. The average Bonchev–Trinajstić information content (AvgIpc) is 2.82. The summed E-state index contributed by atoms with van der Waals surface area (Å²) in [5.74, 6) is 1.39. The molecule has 21 heavy (non-hydrogen) atoms. The van der Waals surface area contributed by atoms with Gasteiger partial charge in [0.2, 0.25) is 5.91 Å². The normalized spacial score (nSPS) is 27.6. The van der Waals surface area contributed by atoms with E-state index in [1.54, 1.807) is 16.9 Å². The van der Waals surface area contributed by atoms with E-state index in [-0.39, 0.29) is 11.8 Å². The zero-order valence-corrected chi connectivity index (χ0v) is 12.2. The summed E-state index contributed by atoms with van der Waals surface area (Å²) in [6.45, 7) is 5.94. The van der Waals surface area contributed by atoms with Gasteiger partial charge in [0.15, 0.2) is 5.65 Å². The van der Waals surface area contributed by atoms with E-state index < -0.39 is 5.54 Å². The molecule has 0 unspecified atom stereocenters. The van der Waals surface area contributed by atoms with Crippen molar-refractivity contribution in [2.24, 2.45) is 17.8 Å². The highest BCUT2D eigenvalue weighted by Gasteiger charge is 2.57. The van der Waals surface area contributed by atoms with Crippen molar-refractivity contribution in [3.8, 4) is 0 Å². The lowest BCUT2D eigenvalue weighted by Gasteiger charge is -2.26. The van der Waals surface area contributed by atoms with E-state index in [9.17, 15) is 4.79 Å². The van der Waals surface area contributed by atoms with Gasteiger partial charge in [0.1, 0.15) is 0 Å². The number of imidazole rings is 1. The van der Waals surface area contributed by atoms with Gasteiger partial charge in [-0.2, -0.15) is 5.10 Å². The maximum atomic E-state index is 12.5. The molecule has 1 aliphatic heterocycles. The molecule has 0 spiro atoms. The Bertz CT molecular complexity index is 697. The van der Waals surface area contributed by atoms with E-state index in [4.69, 9.17) is 0 Å². The molecule has 2 aromatic heterocycles. The molecule has 2 aliphatic rings. The number of piperidine rings is 1. The fourth-order valence-electron chi connectivity index (χ4n) is 3.52. The highest BCUT2D eigenvalue weighted by atomic mass is 16.2. The Morgan fingerprint density at radius 3 is 2.95 bits per heavy atom. The number of nitrogens with one attached hydrogen (secondary N) is 2. The van der Waals surface area contributed by atoms with Crippen molar-refractivity contribution < 1.29 is 4.79 Å². The van der Waals surface area contributed by atoms with Gasteiger partial charge in [-0.05, 0) is 50.9 Å². The molecular formula is C15H19N5O. The van der Waals surface area contributed by atoms with Crippen LogP contribution in [0.2, 0.25) is 0 Å². The van der Waals surface area contributed by atoms with Gasteiger partial charge in [0, 0.05) is 12.1 Å². The third-order valence-corrected chi connectivity index (χ3v) is 4.75. The molecule has 0 aromatic carbocycles. The van der Waals surface area contributed by atoms with E-state index in [2.05, 4.69) is 20.7 Å². The quantitative estimate of drug-likeness (QED) is 0.864. The SMILES string of the molecule is CC(C)(NC(=O)[C@H]1[C@@H]2CNC[C@@H]21)c1cnc2cccnn12. The Balaban J connectivity index is 1.57. The average molecular weight is 285 g/mol. The van der Waals surface area contributed by atoms with Crippen LogP contribution in [0.1, 0.15) is 19.5 Å². The van der Waals surface area contributed by atoms with Crippen molar-refractivity contribution in [3.05, 3.63) is 30.2 Å². The van der Waals surface area contributed by atoms with Crippen LogP contribution in [0.5, 0.6) is 0 Å². The molecule has 1 saturated heterocycles. The Hall–Kier alpha value is -1.95. The van der Waals surface area contributed by atoms with Gasteiger partial charge in [-0.15, -0.1) is 0 Å². The lowest BCUT2D eigenvalue weighted by molar-refractivity contribution is -0.124. The lowest BCUT2D eigenvalue weighted by atomic mass is 10.0. The van der Waals surface area contributed by atoms with Crippen LogP contribution in [-0.4, -0.2) is 33.6 Å². The molecule has 6 nitrogen and oxygen atoms in total. The molecule has 0 bridgehead atoms. The van der Waals surface area contributed by atoms with Crippen LogP contribution in [0.4, 0.5) is 0 Å². The van der Waals surface area contributed by atoms with Gasteiger partial charge in [0.05, 0.1) is 17.4 Å². The van der Waals surface area contributed by atoms with Crippen LogP contribution >= 0.6 is 0 Å². The summed E-state index contributed by atoms with van der Waals surface area (Å²) in [6, 6.07) is 3.77. The first kappa shape index (κ1) is 12.8. The highest BCUT2D eigenvalue weighted by Crippen LogP contribution is 2.49. The van der Waals surface area contributed by atoms with Crippen molar-refractivity contribution in [3.63, 3.8) is 0 Å². The van der Waals surface area contributed by atoms with E-state index in [0.29, 0.717) is 11.8 Å². The molecule has 110 valence electrons. The molecule has 3 heterocycles. The molecule has 0 radical (unpaired) electrons. The van der Waals surface area contributed by atoms with Gasteiger partial charge >= 0.3 is 0 Å². The summed E-state index contributed by atoms with van der Waals surface area (Å²) < 4.78 is 1.79. The molecule has 1 saturated carbocycles. The second-order valence-electron chi connectivity index (χ2n) is 6.56. The van der Waals surface area contributed by atoms with Gasteiger partial charge in [-0.3, -0.25) is 4.79 Å². The van der Waals surface area contributed by atoms with Crippen LogP contribution in [-0.2, 0) is 10.3 Å². The van der Waals surface area contributed by atoms with E-state index in [1.165, 1.54) is 0 Å². The van der Waals surface area contributed by atoms with Crippen LogP contribution in [0.15, 0.2) is 24.5 Å². The predicted octanol–water partition coefficient (Wildman–Crippen LogP) is 0.546. The first-order valence-corrected chi connectivity index (χ1v) is 7.40. The fourth-order valence-corrected chi connectivity index (χ4v) is 3.52. The molecule has 2 N–H and O–H groups in total. The monoisotopic (exact) mass is 285 g/mol. The zero-order valence-electron chi connectivity index (χ0n) is 12.2. The van der Waals surface area contributed by atoms with E-state index >= 15 is 0 Å². The van der Waals surface area contributed by atoms with Gasteiger partial charge in [-0.25, -0.2) is 9.50 Å². The van der Waals surface area contributed by atoms with E-state index in [0.717, 1.165) is 24.4 Å². The predicted molar refractivity (Wildman–Crippen MR) is 77.5 cm³/mol. The summed E-state index contributed by atoms with van der Waals surface area (Å²) in [5, 5.41) is 10.8. The van der Waals surface area contributed by atoms with Crippen LogP contribution < -0.4 is 10.6 Å². The van der Waals surface area contributed by atoms with E-state index in [1.807, 2.05) is 26.0 Å². The molecule has 1 aliphatic carbocycles. The largest absolute Gasteiger partial charge is 0.345 e. The summed E-state index contributed by atoms with van der Waals surface area (Å²) in [7, 11) is 0. The minimum Gasteiger partial charge on any atom is -0.345 e. The second kappa shape index (κ2) is 4.27. The van der Waals surface area contributed by atoms with Crippen LogP contribution in [0.3, 0.4) is 0 Å². The Labute approximate surface area is 122 Å². The number of hydrogen-bond acceptors (Lipinski definition) is 4. The van der Waals surface area contributed by atoms with Crippen molar-refractivity contribution in [2.45, 2.75) is 19.4 Å². The van der Waals surface area contributed by atoms with Crippen molar-refractivity contribution >= 4 is 11.6 Å². The number of amides is 1.